The third-order valence-corrected chi connectivity index (χ3v) is 6.45. The number of nitrogens with one attached hydrogen (secondary N) is 1. The molecule has 1 aliphatic heterocycles. The Balaban J connectivity index is 2.08. The van der Waals surface area contributed by atoms with E-state index in [1.165, 1.54) is 0 Å². The summed E-state index contributed by atoms with van der Waals surface area (Å²) in [5.74, 6) is -1.41. The molecule has 0 aromatic heterocycles. The molecule has 0 fully saturated rings. The molecule has 2 amide bonds. The van der Waals surface area contributed by atoms with Crippen LogP contribution in [-0.4, -0.2) is 53.1 Å². The molecule has 1 heterocycles. The number of nitrogens with zero attached hydrogens (tertiary/aromatic N) is 1. The minimum absolute atomic E-state index is 0.00645. The Morgan fingerprint density at radius 2 is 1.89 bits per heavy atom. The van der Waals surface area contributed by atoms with E-state index in [9.17, 15) is 19.5 Å². The molecule has 2 rings (SSSR count). The molecule has 0 spiro atoms. The van der Waals surface area contributed by atoms with Crippen molar-refractivity contribution < 1.29 is 24.2 Å². The number of fused-ring (bicyclic) bond motifs is 1. The average molecular weight is 485 g/mol. The highest BCUT2D eigenvalue weighted by Crippen LogP contribution is 2.26. The number of aliphatic hydroxyl groups is 1. The van der Waals surface area contributed by atoms with E-state index in [2.05, 4.69) is 18.5 Å². The Hall–Kier alpha value is -2.93. The standard InChI is InChI=1S/C28H40N2O5/c1-6-8-14-26(33)35-19-24(28(3,4)5)29-27(34)21(11-7-2)16-25(32)30-17-22-13-10-9-12-20(22)15-23(30)18-31/h6-7,9-10,12-13,21,23-24,31H,1-2,8,11,14-19H2,3-5H3,(H,29,34)/t21-,23+,24-/m1/s1. The molecule has 0 saturated heterocycles. The highest BCUT2D eigenvalue weighted by atomic mass is 16.5. The second kappa shape index (κ2) is 13.2. The number of aliphatic hydroxyl groups excluding tert-OH is 1. The van der Waals surface area contributed by atoms with Crippen LogP contribution in [0.15, 0.2) is 49.6 Å². The summed E-state index contributed by atoms with van der Waals surface area (Å²) < 4.78 is 5.39. The molecule has 1 aliphatic rings. The maximum Gasteiger partial charge on any atom is 0.306 e. The maximum atomic E-state index is 13.3. The van der Waals surface area contributed by atoms with Crippen LogP contribution >= 0.6 is 0 Å². The van der Waals surface area contributed by atoms with Crippen LogP contribution in [0, 0.1) is 11.3 Å². The molecular weight excluding hydrogens is 444 g/mol. The lowest BCUT2D eigenvalue weighted by Gasteiger charge is -2.37. The quantitative estimate of drug-likeness (QED) is 0.349. The Morgan fingerprint density at radius 1 is 1.20 bits per heavy atom. The lowest BCUT2D eigenvalue weighted by Crippen LogP contribution is -2.50. The van der Waals surface area contributed by atoms with Gasteiger partial charge in [0.2, 0.25) is 11.8 Å². The van der Waals surface area contributed by atoms with Gasteiger partial charge in [0.25, 0.3) is 0 Å². The van der Waals surface area contributed by atoms with Crippen molar-refractivity contribution in [2.75, 3.05) is 13.2 Å². The highest BCUT2D eigenvalue weighted by Gasteiger charge is 2.34. The SMILES string of the molecule is C=CCCC(=O)OC[C@@H](NC(=O)[C@H](CC=C)CC(=O)N1Cc2ccccc2C[C@H]1CO)C(C)(C)C. The van der Waals surface area contributed by atoms with Gasteiger partial charge in [-0.2, -0.15) is 0 Å². The monoisotopic (exact) mass is 484 g/mol. The number of esters is 1. The Kier molecular flexibility index (Phi) is 10.7. The second-order valence-electron chi connectivity index (χ2n) is 10.2. The van der Waals surface area contributed by atoms with Gasteiger partial charge in [-0.1, -0.05) is 57.2 Å². The number of hydrogen-bond donors (Lipinski definition) is 2. The minimum atomic E-state index is -0.613. The fourth-order valence-electron chi connectivity index (χ4n) is 4.12. The third kappa shape index (κ3) is 8.35. The van der Waals surface area contributed by atoms with E-state index in [4.69, 9.17) is 4.74 Å². The Bertz CT molecular complexity index is 905. The average Bonchev–Trinajstić information content (AvgIpc) is 2.83. The number of allylic oxidation sites excluding steroid dienone is 2. The first-order valence-electron chi connectivity index (χ1n) is 12.3. The summed E-state index contributed by atoms with van der Waals surface area (Å²) in [6, 6.07) is 7.16. The molecule has 3 atom stereocenters. The summed E-state index contributed by atoms with van der Waals surface area (Å²) in [6.07, 6.45) is 4.99. The van der Waals surface area contributed by atoms with Gasteiger partial charge in [0, 0.05) is 19.4 Å². The summed E-state index contributed by atoms with van der Waals surface area (Å²) in [6.45, 7) is 13.6. The van der Waals surface area contributed by atoms with Crippen molar-refractivity contribution in [3.05, 3.63) is 60.7 Å². The highest BCUT2D eigenvalue weighted by molar-refractivity contribution is 5.86. The van der Waals surface area contributed by atoms with E-state index in [0.717, 1.165) is 11.1 Å². The first kappa shape index (κ1) is 28.3. The summed E-state index contributed by atoms with van der Waals surface area (Å²) in [5, 5.41) is 12.9. The predicted molar refractivity (Wildman–Crippen MR) is 136 cm³/mol. The summed E-state index contributed by atoms with van der Waals surface area (Å²) in [5.41, 5.74) is 1.82. The van der Waals surface area contributed by atoms with Crippen LogP contribution in [0.2, 0.25) is 0 Å². The molecule has 7 nitrogen and oxygen atoms in total. The predicted octanol–water partition coefficient (Wildman–Crippen LogP) is 3.55. The third-order valence-electron chi connectivity index (χ3n) is 6.45. The largest absolute Gasteiger partial charge is 0.463 e. The zero-order valence-electron chi connectivity index (χ0n) is 21.3. The molecule has 0 unspecified atom stereocenters. The second-order valence-corrected chi connectivity index (χ2v) is 10.2. The van der Waals surface area contributed by atoms with E-state index >= 15 is 0 Å². The molecule has 35 heavy (non-hydrogen) atoms. The first-order chi connectivity index (χ1) is 16.6. The molecule has 0 aliphatic carbocycles. The number of carbonyl (C=O) groups excluding carboxylic acids is 3. The number of benzene rings is 1. The molecule has 0 bridgehead atoms. The fourth-order valence-corrected chi connectivity index (χ4v) is 4.12. The molecule has 0 radical (unpaired) electrons. The minimum Gasteiger partial charge on any atom is -0.463 e. The zero-order chi connectivity index (χ0) is 26.0. The molecule has 7 heteroatoms. The van der Waals surface area contributed by atoms with Crippen LogP contribution in [-0.2, 0) is 32.1 Å². The zero-order valence-corrected chi connectivity index (χ0v) is 21.3. The normalized spacial score (nSPS) is 17.0. The maximum absolute atomic E-state index is 13.3. The summed E-state index contributed by atoms with van der Waals surface area (Å²) in [7, 11) is 0. The smallest absolute Gasteiger partial charge is 0.306 e. The molecule has 0 saturated carbocycles. The number of carbonyl (C=O) groups is 3. The van der Waals surface area contributed by atoms with Crippen molar-refractivity contribution in [2.24, 2.45) is 11.3 Å². The van der Waals surface area contributed by atoms with Crippen molar-refractivity contribution in [1.82, 2.24) is 10.2 Å². The number of hydrogen-bond acceptors (Lipinski definition) is 5. The van der Waals surface area contributed by atoms with Crippen molar-refractivity contribution in [1.29, 1.82) is 0 Å². The van der Waals surface area contributed by atoms with Gasteiger partial charge in [0.05, 0.1) is 24.6 Å². The van der Waals surface area contributed by atoms with Crippen molar-refractivity contribution in [2.45, 2.75) is 71.5 Å². The van der Waals surface area contributed by atoms with Crippen LogP contribution in [0.5, 0.6) is 0 Å². The first-order valence-corrected chi connectivity index (χ1v) is 12.3. The fraction of sp³-hybridized carbons (Fsp3) is 0.536. The van der Waals surface area contributed by atoms with Gasteiger partial charge in [-0.3, -0.25) is 14.4 Å². The number of ether oxygens (including phenoxy) is 1. The van der Waals surface area contributed by atoms with Crippen LogP contribution in [0.3, 0.4) is 0 Å². The molecule has 192 valence electrons. The van der Waals surface area contributed by atoms with Gasteiger partial charge < -0.3 is 20.1 Å². The van der Waals surface area contributed by atoms with Crippen LogP contribution in [0.25, 0.3) is 0 Å². The Labute approximate surface area is 209 Å². The van der Waals surface area contributed by atoms with Gasteiger partial charge in [-0.05, 0) is 35.8 Å². The topological polar surface area (TPSA) is 95.9 Å². The van der Waals surface area contributed by atoms with Crippen LogP contribution in [0.1, 0.15) is 57.6 Å². The van der Waals surface area contributed by atoms with E-state index in [-0.39, 0.29) is 55.3 Å². The van der Waals surface area contributed by atoms with E-state index in [0.29, 0.717) is 25.8 Å². The summed E-state index contributed by atoms with van der Waals surface area (Å²) >= 11 is 0. The van der Waals surface area contributed by atoms with Gasteiger partial charge in [-0.15, -0.1) is 13.2 Å². The lowest BCUT2D eigenvalue weighted by molar-refractivity contribution is -0.146. The van der Waals surface area contributed by atoms with Crippen LogP contribution in [0.4, 0.5) is 0 Å². The van der Waals surface area contributed by atoms with Crippen molar-refractivity contribution in [3.63, 3.8) is 0 Å². The van der Waals surface area contributed by atoms with Crippen LogP contribution < -0.4 is 5.32 Å². The number of rotatable bonds is 12. The van der Waals surface area contributed by atoms with Gasteiger partial charge in [0.15, 0.2) is 0 Å². The molecule has 2 N–H and O–H groups in total. The van der Waals surface area contributed by atoms with Gasteiger partial charge >= 0.3 is 5.97 Å². The molecule has 1 aromatic carbocycles. The lowest BCUT2D eigenvalue weighted by atomic mass is 9.86. The van der Waals surface area contributed by atoms with Gasteiger partial charge in [0.1, 0.15) is 6.61 Å². The van der Waals surface area contributed by atoms with Crippen molar-refractivity contribution >= 4 is 17.8 Å². The van der Waals surface area contributed by atoms with Crippen molar-refractivity contribution in [3.8, 4) is 0 Å². The molecule has 1 aromatic rings. The summed E-state index contributed by atoms with van der Waals surface area (Å²) in [4.78, 5) is 40.2. The van der Waals surface area contributed by atoms with E-state index in [1.807, 2.05) is 45.0 Å². The Morgan fingerprint density at radius 3 is 2.49 bits per heavy atom. The van der Waals surface area contributed by atoms with Gasteiger partial charge in [-0.25, -0.2) is 0 Å². The molecular formula is C28H40N2O5. The van der Waals surface area contributed by atoms with E-state index < -0.39 is 12.0 Å². The van der Waals surface area contributed by atoms with E-state index in [1.54, 1.807) is 17.1 Å². The number of amides is 2.